The number of aryl methyl sites for hydroxylation is 2. The fraction of sp³-hybridized carbons (Fsp3) is 0.391. The van der Waals surface area contributed by atoms with Crippen molar-refractivity contribution in [3.63, 3.8) is 0 Å². The molecule has 0 amide bonds. The van der Waals surface area contributed by atoms with E-state index in [1.165, 1.54) is 0 Å². The first-order valence-corrected chi connectivity index (χ1v) is 10.7. The topological polar surface area (TPSA) is 93.5 Å². The maximum absolute atomic E-state index is 5.76. The highest BCUT2D eigenvalue weighted by Gasteiger charge is 2.20. The Labute approximate surface area is 182 Å². The zero-order valence-electron chi connectivity index (χ0n) is 18.7. The van der Waals surface area contributed by atoms with Gasteiger partial charge in [0.1, 0.15) is 11.0 Å². The van der Waals surface area contributed by atoms with Crippen LogP contribution in [0.25, 0.3) is 22.3 Å². The van der Waals surface area contributed by atoms with Gasteiger partial charge >= 0.3 is 0 Å². The van der Waals surface area contributed by atoms with E-state index in [-0.39, 0.29) is 6.04 Å². The van der Waals surface area contributed by atoms with Crippen molar-refractivity contribution in [1.29, 1.82) is 0 Å². The van der Waals surface area contributed by atoms with Gasteiger partial charge in [0.15, 0.2) is 0 Å². The number of rotatable bonds is 8. The van der Waals surface area contributed by atoms with Crippen molar-refractivity contribution in [3.8, 4) is 17.1 Å². The van der Waals surface area contributed by atoms with Crippen molar-refractivity contribution in [2.75, 3.05) is 11.9 Å². The van der Waals surface area contributed by atoms with Gasteiger partial charge in [0, 0.05) is 17.9 Å². The van der Waals surface area contributed by atoms with Crippen molar-refractivity contribution in [2.45, 2.75) is 53.6 Å². The minimum absolute atomic E-state index is 0.259. The van der Waals surface area contributed by atoms with Crippen LogP contribution in [0.4, 0.5) is 5.69 Å². The van der Waals surface area contributed by atoms with E-state index in [4.69, 9.17) is 14.8 Å². The summed E-state index contributed by atoms with van der Waals surface area (Å²) in [6.45, 7) is 11.4. The highest BCUT2D eigenvalue weighted by molar-refractivity contribution is 5.93. The van der Waals surface area contributed by atoms with Crippen LogP contribution in [0.5, 0.6) is 5.88 Å². The van der Waals surface area contributed by atoms with Gasteiger partial charge in [-0.2, -0.15) is 10.2 Å². The van der Waals surface area contributed by atoms with Gasteiger partial charge in [-0.15, -0.1) is 0 Å². The lowest BCUT2D eigenvalue weighted by molar-refractivity contribution is 0.328. The standard InChI is InChI=1S/C23H29N7O/c1-6-15(4)30-22-20(25-13-17-11-14(3)27-28-17)12-19(26-21(22)16(5)29-30)18-9-8-10-24-23(18)31-7-2/h8-12,15H,6-7,13H2,1-5H3,(H,25,26)(H,27,28)/t15-/m1/s1. The Hall–Kier alpha value is -3.42. The average molecular weight is 420 g/mol. The first kappa shape index (κ1) is 20.8. The largest absolute Gasteiger partial charge is 0.477 e. The Morgan fingerprint density at radius 2 is 2.06 bits per heavy atom. The molecule has 0 aliphatic rings. The predicted molar refractivity (Wildman–Crippen MR) is 122 cm³/mol. The molecule has 0 spiro atoms. The summed E-state index contributed by atoms with van der Waals surface area (Å²) in [6, 6.07) is 8.24. The molecule has 31 heavy (non-hydrogen) atoms. The van der Waals surface area contributed by atoms with Crippen LogP contribution < -0.4 is 10.1 Å². The van der Waals surface area contributed by atoms with Crippen LogP contribution in [0, 0.1) is 13.8 Å². The van der Waals surface area contributed by atoms with Gasteiger partial charge < -0.3 is 10.1 Å². The molecule has 0 radical (unpaired) electrons. The summed E-state index contributed by atoms with van der Waals surface area (Å²) in [4.78, 5) is 9.38. The molecule has 0 bridgehead atoms. The molecule has 4 rings (SSSR count). The molecule has 2 N–H and O–H groups in total. The Balaban J connectivity index is 1.87. The van der Waals surface area contributed by atoms with Crippen LogP contribution in [0.15, 0.2) is 30.5 Å². The lowest BCUT2D eigenvalue weighted by Gasteiger charge is -2.16. The summed E-state index contributed by atoms with van der Waals surface area (Å²) in [5.74, 6) is 0.581. The molecule has 162 valence electrons. The second-order valence-corrected chi connectivity index (χ2v) is 7.72. The van der Waals surface area contributed by atoms with Crippen molar-refractivity contribution in [3.05, 3.63) is 47.5 Å². The molecule has 0 saturated carbocycles. The van der Waals surface area contributed by atoms with Crippen LogP contribution >= 0.6 is 0 Å². The Morgan fingerprint density at radius 1 is 1.23 bits per heavy atom. The van der Waals surface area contributed by atoms with Gasteiger partial charge in [-0.05, 0) is 58.4 Å². The smallest absolute Gasteiger partial charge is 0.222 e. The average Bonchev–Trinajstić information content (AvgIpc) is 3.35. The third-order valence-corrected chi connectivity index (χ3v) is 5.38. The van der Waals surface area contributed by atoms with Gasteiger partial charge in [0.2, 0.25) is 5.88 Å². The van der Waals surface area contributed by atoms with E-state index in [1.807, 2.05) is 39.0 Å². The Kier molecular flexibility index (Phi) is 5.88. The van der Waals surface area contributed by atoms with E-state index in [0.29, 0.717) is 19.0 Å². The molecule has 0 aromatic carbocycles. The van der Waals surface area contributed by atoms with Crippen LogP contribution in [0.2, 0.25) is 0 Å². The number of hydrogen-bond acceptors (Lipinski definition) is 6. The molecule has 4 aromatic heterocycles. The molecule has 1 atom stereocenters. The number of nitrogens with zero attached hydrogens (tertiary/aromatic N) is 5. The number of aromatic nitrogens is 6. The van der Waals surface area contributed by atoms with E-state index in [1.54, 1.807) is 6.20 Å². The number of H-pyrrole nitrogens is 1. The van der Waals surface area contributed by atoms with Crippen molar-refractivity contribution < 1.29 is 4.74 Å². The number of aromatic amines is 1. The van der Waals surface area contributed by atoms with Gasteiger partial charge in [0.05, 0.1) is 41.5 Å². The lowest BCUT2D eigenvalue weighted by Crippen LogP contribution is -2.09. The predicted octanol–water partition coefficient (Wildman–Crippen LogP) is 4.82. The third-order valence-electron chi connectivity index (χ3n) is 5.38. The van der Waals surface area contributed by atoms with E-state index >= 15 is 0 Å². The number of anilines is 1. The molecule has 4 heterocycles. The van der Waals surface area contributed by atoms with Crippen molar-refractivity contribution in [1.82, 2.24) is 29.9 Å². The summed E-state index contributed by atoms with van der Waals surface area (Å²) >= 11 is 0. The molecule has 0 aliphatic heterocycles. The van der Waals surface area contributed by atoms with Crippen LogP contribution in [0.1, 0.15) is 50.3 Å². The SMILES string of the molecule is CCOc1ncccc1-c1cc(NCc2cc(C)[nH]n2)c2c(n1)c(C)nn2[C@H](C)CC. The number of hydrogen-bond donors (Lipinski definition) is 2. The second kappa shape index (κ2) is 8.75. The fourth-order valence-electron chi connectivity index (χ4n) is 3.63. The summed E-state index contributed by atoms with van der Waals surface area (Å²) in [6.07, 6.45) is 2.71. The van der Waals surface area contributed by atoms with Crippen molar-refractivity contribution in [2.24, 2.45) is 0 Å². The van der Waals surface area contributed by atoms with Gasteiger partial charge in [0.25, 0.3) is 0 Å². The fourth-order valence-corrected chi connectivity index (χ4v) is 3.63. The molecule has 8 heteroatoms. The molecule has 0 fully saturated rings. The van der Waals surface area contributed by atoms with Gasteiger partial charge in [-0.3, -0.25) is 9.78 Å². The monoisotopic (exact) mass is 419 g/mol. The highest BCUT2D eigenvalue weighted by atomic mass is 16.5. The molecule has 4 aromatic rings. The van der Waals surface area contributed by atoms with Crippen LogP contribution in [0.3, 0.4) is 0 Å². The lowest BCUT2D eigenvalue weighted by atomic mass is 10.1. The van der Waals surface area contributed by atoms with E-state index in [9.17, 15) is 0 Å². The number of pyridine rings is 2. The molecule has 0 aliphatic carbocycles. The highest BCUT2D eigenvalue weighted by Crippen LogP contribution is 2.35. The third kappa shape index (κ3) is 4.10. The van der Waals surface area contributed by atoms with Gasteiger partial charge in [-0.25, -0.2) is 9.97 Å². The first-order chi connectivity index (χ1) is 15.0. The summed E-state index contributed by atoms with van der Waals surface area (Å²) in [7, 11) is 0. The maximum atomic E-state index is 5.76. The zero-order chi connectivity index (χ0) is 22.0. The quantitative estimate of drug-likeness (QED) is 0.425. The van der Waals surface area contributed by atoms with E-state index < -0.39 is 0 Å². The zero-order valence-corrected chi connectivity index (χ0v) is 18.7. The molecular formula is C23H29N7O. The summed E-state index contributed by atoms with van der Waals surface area (Å²) in [5, 5.41) is 15.7. The van der Waals surface area contributed by atoms with E-state index in [2.05, 4.69) is 45.1 Å². The Bertz CT molecular complexity index is 1190. The molecule has 0 saturated heterocycles. The number of ether oxygens (including phenoxy) is 1. The molecular weight excluding hydrogens is 390 g/mol. The van der Waals surface area contributed by atoms with Crippen LogP contribution in [-0.4, -0.2) is 36.6 Å². The normalized spacial score (nSPS) is 12.3. The van der Waals surface area contributed by atoms with E-state index in [0.717, 1.165) is 51.5 Å². The van der Waals surface area contributed by atoms with Crippen LogP contribution in [-0.2, 0) is 6.54 Å². The second-order valence-electron chi connectivity index (χ2n) is 7.72. The minimum atomic E-state index is 0.259. The maximum Gasteiger partial charge on any atom is 0.222 e. The molecule has 8 nitrogen and oxygen atoms in total. The minimum Gasteiger partial charge on any atom is -0.477 e. The molecule has 0 unspecified atom stereocenters. The Morgan fingerprint density at radius 3 is 2.77 bits per heavy atom. The number of nitrogens with one attached hydrogen (secondary N) is 2. The summed E-state index contributed by atoms with van der Waals surface area (Å²) < 4.78 is 7.84. The first-order valence-electron chi connectivity index (χ1n) is 10.7. The summed E-state index contributed by atoms with van der Waals surface area (Å²) in [5.41, 5.74) is 7.40. The van der Waals surface area contributed by atoms with Crippen molar-refractivity contribution >= 4 is 16.7 Å². The van der Waals surface area contributed by atoms with Gasteiger partial charge in [-0.1, -0.05) is 6.92 Å². The number of fused-ring (bicyclic) bond motifs is 1.